The minimum atomic E-state index is -0.568. The van der Waals surface area contributed by atoms with E-state index >= 15 is 0 Å². The van der Waals surface area contributed by atoms with Crippen LogP contribution in [0.5, 0.6) is 0 Å². The molecule has 1 unspecified atom stereocenters. The monoisotopic (exact) mass is 196 g/mol. The maximum absolute atomic E-state index is 13.7. The molecule has 2 aliphatic carbocycles. The Hall–Kier alpha value is -0.330. The second kappa shape index (κ2) is 4.04. The van der Waals surface area contributed by atoms with Crippen LogP contribution in [0.2, 0.25) is 0 Å². The van der Waals surface area contributed by atoms with Crippen molar-refractivity contribution in [3.8, 4) is 0 Å². The summed E-state index contributed by atoms with van der Waals surface area (Å²) in [5.74, 6) is 0. The fraction of sp³-hybridized carbons (Fsp3) is 0.846. The van der Waals surface area contributed by atoms with E-state index < -0.39 is 6.17 Å². The molecule has 0 aliphatic heterocycles. The van der Waals surface area contributed by atoms with Gasteiger partial charge in [-0.2, -0.15) is 0 Å². The van der Waals surface area contributed by atoms with E-state index in [4.69, 9.17) is 0 Å². The first-order chi connectivity index (χ1) is 6.74. The van der Waals surface area contributed by atoms with Crippen LogP contribution in [0.25, 0.3) is 0 Å². The highest BCUT2D eigenvalue weighted by molar-refractivity contribution is 5.09. The lowest BCUT2D eigenvalue weighted by Gasteiger charge is -2.32. The Bertz CT molecular complexity index is 231. The maximum Gasteiger partial charge on any atom is 0.104 e. The first-order valence-corrected chi connectivity index (χ1v) is 6.06. The van der Waals surface area contributed by atoms with Crippen LogP contribution in [0, 0.1) is 5.41 Å². The van der Waals surface area contributed by atoms with E-state index in [2.05, 4.69) is 13.0 Å². The zero-order chi connectivity index (χ0) is 10.0. The van der Waals surface area contributed by atoms with Gasteiger partial charge in [-0.25, -0.2) is 4.39 Å². The van der Waals surface area contributed by atoms with Crippen LogP contribution >= 0.6 is 0 Å². The predicted octanol–water partition coefficient (Wildman–Crippen LogP) is 4.41. The smallest absolute Gasteiger partial charge is 0.104 e. The Balaban J connectivity index is 2.22. The summed E-state index contributed by atoms with van der Waals surface area (Å²) in [7, 11) is 0. The van der Waals surface area contributed by atoms with Crippen molar-refractivity contribution in [2.24, 2.45) is 5.41 Å². The molecular formula is C13H21F. The summed E-state index contributed by atoms with van der Waals surface area (Å²) in [5, 5.41) is 0. The quantitative estimate of drug-likeness (QED) is 0.545. The first kappa shape index (κ1) is 10.2. The number of hydrogen-bond acceptors (Lipinski definition) is 0. The fourth-order valence-electron chi connectivity index (χ4n) is 3.15. The van der Waals surface area contributed by atoms with E-state index in [1.165, 1.54) is 37.7 Å². The van der Waals surface area contributed by atoms with Crippen LogP contribution < -0.4 is 0 Å². The number of hydrogen-bond donors (Lipinski definition) is 0. The molecule has 0 heterocycles. The molecule has 0 aromatic heterocycles. The van der Waals surface area contributed by atoms with Crippen molar-refractivity contribution in [1.29, 1.82) is 0 Å². The van der Waals surface area contributed by atoms with Crippen molar-refractivity contribution >= 4 is 0 Å². The standard InChI is InChI=1S/C13H21F/c1-2-13-7-4-3-5-11(6-8-13)9-12(14)10-13/h5,12H,2-4,6-10H2,1H3/b11-5+/t12-,13?/m0/s1. The van der Waals surface area contributed by atoms with E-state index in [0.717, 1.165) is 19.3 Å². The summed E-state index contributed by atoms with van der Waals surface area (Å²) in [4.78, 5) is 0. The van der Waals surface area contributed by atoms with E-state index in [9.17, 15) is 4.39 Å². The molecule has 2 bridgehead atoms. The Labute approximate surface area is 86.6 Å². The van der Waals surface area contributed by atoms with Crippen molar-refractivity contribution in [3.05, 3.63) is 11.6 Å². The second-order valence-electron chi connectivity index (χ2n) is 5.11. The summed E-state index contributed by atoms with van der Waals surface area (Å²) in [6.45, 7) is 2.24. The molecule has 0 spiro atoms. The number of alkyl halides is 1. The molecule has 2 atom stereocenters. The Kier molecular flexibility index (Phi) is 2.94. The van der Waals surface area contributed by atoms with Gasteiger partial charge in [-0.3, -0.25) is 0 Å². The van der Waals surface area contributed by atoms with Gasteiger partial charge in [0.2, 0.25) is 0 Å². The van der Waals surface area contributed by atoms with Crippen molar-refractivity contribution in [2.45, 2.75) is 64.5 Å². The van der Waals surface area contributed by atoms with Gasteiger partial charge in [0.15, 0.2) is 0 Å². The molecule has 0 saturated heterocycles. The maximum atomic E-state index is 13.7. The molecule has 14 heavy (non-hydrogen) atoms. The predicted molar refractivity (Wildman–Crippen MR) is 58.0 cm³/mol. The molecule has 0 amide bonds. The van der Waals surface area contributed by atoms with E-state index in [-0.39, 0.29) is 0 Å². The molecule has 1 heteroatoms. The average molecular weight is 196 g/mol. The molecule has 0 nitrogen and oxygen atoms in total. The third-order valence-corrected chi connectivity index (χ3v) is 4.21. The molecule has 1 saturated carbocycles. The lowest BCUT2D eigenvalue weighted by Crippen LogP contribution is -2.22. The summed E-state index contributed by atoms with van der Waals surface area (Å²) in [6.07, 6.45) is 10.5. The highest BCUT2D eigenvalue weighted by atomic mass is 19.1. The van der Waals surface area contributed by atoms with Gasteiger partial charge in [-0.1, -0.05) is 25.0 Å². The molecule has 0 aromatic carbocycles. The van der Waals surface area contributed by atoms with Crippen LogP contribution in [-0.2, 0) is 0 Å². The Morgan fingerprint density at radius 1 is 1.50 bits per heavy atom. The Morgan fingerprint density at radius 3 is 3.14 bits per heavy atom. The van der Waals surface area contributed by atoms with Crippen molar-refractivity contribution < 1.29 is 4.39 Å². The summed E-state index contributed by atoms with van der Waals surface area (Å²) in [5.41, 5.74) is 1.74. The summed E-state index contributed by atoms with van der Waals surface area (Å²) >= 11 is 0. The van der Waals surface area contributed by atoms with Gasteiger partial charge < -0.3 is 0 Å². The third-order valence-electron chi connectivity index (χ3n) is 4.21. The normalized spacial score (nSPS) is 42.1. The van der Waals surface area contributed by atoms with Crippen LogP contribution in [-0.4, -0.2) is 6.17 Å². The van der Waals surface area contributed by atoms with Crippen molar-refractivity contribution in [2.75, 3.05) is 0 Å². The van der Waals surface area contributed by atoms with Crippen molar-refractivity contribution in [1.82, 2.24) is 0 Å². The van der Waals surface area contributed by atoms with Crippen LogP contribution in [0.4, 0.5) is 4.39 Å². The number of allylic oxidation sites excluding steroid dienone is 2. The zero-order valence-electron chi connectivity index (χ0n) is 9.19. The van der Waals surface area contributed by atoms with Gasteiger partial charge in [0.25, 0.3) is 0 Å². The topological polar surface area (TPSA) is 0 Å². The van der Waals surface area contributed by atoms with Gasteiger partial charge in [0.1, 0.15) is 6.17 Å². The second-order valence-corrected chi connectivity index (χ2v) is 5.11. The molecule has 2 aliphatic rings. The van der Waals surface area contributed by atoms with Crippen molar-refractivity contribution in [3.63, 3.8) is 0 Å². The lowest BCUT2D eigenvalue weighted by atomic mass is 9.73. The average Bonchev–Trinajstić information content (AvgIpc) is 2.25. The highest BCUT2D eigenvalue weighted by Gasteiger charge is 2.34. The molecule has 0 aromatic rings. The molecule has 80 valence electrons. The van der Waals surface area contributed by atoms with E-state index in [0.29, 0.717) is 5.41 Å². The summed E-state index contributed by atoms with van der Waals surface area (Å²) < 4.78 is 13.7. The molecule has 2 rings (SSSR count). The van der Waals surface area contributed by atoms with E-state index in [1.807, 2.05) is 0 Å². The van der Waals surface area contributed by atoms with Gasteiger partial charge in [0.05, 0.1) is 0 Å². The lowest BCUT2D eigenvalue weighted by molar-refractivity contribution is 0.154. The zero-order valence-corrected chi connectivity index (χ0v) is 9.19. The van der Waals surface area contributed by atoms with E-state index in [1.54, 1.807) is 0 Å². The number of halogens is 1. The molecule has 1 fully saturated rings. The molecular weight excluding hydrogens is 175 g/mol. The minimum Gasteiger partial charge on any atom is -0.247 e. The van der Waals surface area contributed by atoms with Gasteiger partial charge in [0, 0.05) is 0 Å². The van der Waals surface area contributed by atoms with Crippen LogP contribution in [0.1, 0.15) is 58.3 Å². The van der Waals surface area contributed by atoms with Crippen LogP contribution in [0.15, 0.2) is 11.6 Å². The molecule has 0 N–H and O–H groups in total. The van der Waals surface area contributed by atoms with Gasteiger partial charge in [-0.15, -0.1) is 0 Å². The SMILES string of the molecule is CCC12CCC/C=C(\CC1)C[C@H](F)C2. The van der Waals surface area contributed by atoms with Gasteiger partial charge >= 0.3 is 0 Å². The first-order valence-electron chi connectivity index (χ1n) is 6.06. The van der Waals surface area contributed by atoms with Crippen LogP contribution in [0.3, 0.4) is 0 Å². The minimum absolute atomic E-state index is 0.343. The molecule has 0 radical (unpaired) electrons. The number of rotatable bonds is 1. The Morgan fingerprint density at radius 2 is 2.36 bits per heavy atom. The third kappa shape index (κ3) is 2.02. The summed E-state index contributed by atoms with van der Waals surface area (Å²) in [6, 6.07) is 0. The fourth-order valence-corrected chi connectivity index (χ4v) is 3.15. The highest BCUT2D eigenvalue weighted by Crippen LogP contribution is 2.45. The number of fused-ring (bicyclic) bond motifs is 3. The van der Waals surface area contributed by atoms with Gasteiger partial charge in [-0.05, 0) is 50.4 Å². The largest absolute Gasteiger partial charge is 0.247 e.